The molecule has 7 nitrogen and oxygen atoms in total. The molecule has 0 bridgehead atoms. The van der Waals surface area contributed by atoms with Crippen molar-refractivity contribution in [1.29, 1.82) is 0 Å². The van der Waals surface area contributed by atoms with Gasteiger partial charge in [-0.3, -0.25) is 14.4 Å². The lowest BCUT2D eigenvalue weighted by molar-refractivity contribution is 0.102. The number of aromatic nitrogens is 2. The molecule has 0 aliphatic heterocycles. The van der Waals surface area contributed by atoms with Gasteiger partial charge in [0.2, 0.25) is 0 Å². The number of nitrogens with one attached hydrogen (secondary N) is 3. The highest BCUT2D eigenvalue weighted by Gasteiger charge is 2.17. The van der Waals surface area contributed by atoms with Crippen LogP contribution in [0.3, 0.4) is 0 Å². The average Bonchev–Trinajstić information content (AvgIpc) is 3.13. The van der Waals surface area contributed by atoms with E-state index in [-0.39, 0.29) is 22.1 Å². The number of amides is 2. The van der Waals surface area contributed by atoms with Crippen LogP contribution in [0.2, 0.25) is 5.02 Å². The molecule has 0 fully saturated rings. The van der Waals surface area contributed by atoms with Crippen molar-refractivity contribution in [3.8, 4) is 11.4 Å². The minimum Gasteiger partial charge on any atom is -0.321 e. The minimum absolute atomic E-state index is 0.00642. The smallest absolute Gasteiger partial charge is 0.266 e. The van der Waals surface area contributed by atoms with Crippen molar-refractivity contribution in [2.75, 3.05) is 10.6 Å². The zero-order chi connectivity index (χ0) is 24.4. The molecule has 0 radical (unpaired) electrons. The van der Waals surface area contributed by atoms with Gasteiger partial charge in [0.05, 0.1) is 20.5 Å². The molecule has 0 saturated heterocycles. The van der Waals surface area contributed by atoms with Gasteiger partial charge in [-0.25, -0.2) is 9.37 Å². The average molecular weight is 497 g/mol. The number of carbonyl (C=O) groups is 2. The molecule has 2 heterocycles. The lowest BCUT2D eigenvalue weighted by Gasteiger charge is -2.07. The van der Waals surface area contributed by atoms with E-state index in [1.165, 1.54) is 12.1 Å². The van der Waals surface area contributed by atoms with Gasteiger partial charge in [0.25, 0.3) is 17.4 Å². The van der Waals surface area contributed by atoms with Gasteiger partial charge in [-0.15, -0.1) is 11.3 Å². The zero-order valence-corrected chi connectivity index (χ0v) is 19.6. The van der Waals surface area contributed by atoms with Crippen molar-refractivity contribution in [2.24, 2.45) is 0 Å². The highest BCUT2D eigenvalue weighted by molar-refractivity contribution is 7.18. The molecule has 2 aromatic heterocycles. The molecular formula is C24H18ClFN4O3S. The molecule has 0 spiro atoms. The summed E-state index contributed by atoms with van der Waals surface area (Å²) in [6.07, 6.45) is 0. The highest BCUT2D eigenvalue weighted by Crippen LogP contribution is 2.29. The molecule has 2 amide bonds. The third-order valence-corrected chi connectivity index (χ3v) is 6.26. The number of hydrogen-bond acceptors (Lipinski definition) is 5. The van der Waals surface area contributed by atoms with E-state index in [2.05, 4.69) is 20.6 Å². The number of aromatic amines is 1. The first-order chi connectivity index (χ1) is 16.2. The van der Waals surface area contributed by atoms with Crippen molar-refractivity contribution in [1.82, 2.24) is 9.97 Å². The van der Waals surface area contributed by atoms with E-state index in [0.717, 1.165) is 23.5 Å². The summed E-state index contributed by atoms with van der Waals surface area (Å²) in [5.41, 5.74) is 2.28. The number of aryl methyl sites for hydroxylation is 2. The van der Waals surface area contributed by atoms with Crippen molar-refractivity contribution < 1.29 is 14.0 Å². The fourth-order valence-corrected chi connectivity index (χ4v) is 4.49. The third kappa shape index (κ3) is 5.22. The Morgan fingerprint density at radius 2 is 1.82 bits per heavy atom. The fourth-order valence-electron chi connectivity index (χ4n) is 3.27. The first-order valence-electron chi connectivity index (χ1n) is 10.1. The van der Waals surface area contributed by atoms with Gasteiger partial charge in [-0.1, -0.05) is 23.7 Å². The van der Waals surface area contributed by atoms with Crippen LogP contribution >= 0.6 is 22.9 Å². The second-order valence-electron chi connectivity index (χ2n) is 7.47. The summed E-state index contributed by atoms with van der Waals surface area (Å²) in [5.74, 6) is -1.00. The Hall–Kier alpha value is -3.82. The van der Waals surface area contributed by atoms with Gasteiger partial charge in [0.15, 0.2) is 0 Å². The Balaban J connectivity index is 1.51. The molecule has 172 valence electrons. The van der Waals surface area contributed by atoms with Crippen LogP contribution in [-0.2, 0) is 0 Å². The predicted octanol–water partition coefficient (Wildman–Crippen LogP) is 5.41. The van der Waals surface area contributed by atoms with E-state index in [0.29, 0.717) is 38.2 Å². The maximum atomic E-state index is 13.2. The van der Waals surface area contributed by atoms with Crippen LogP contribution in [-0.4, -0.2) is 21.8 Å². The number of rotatable bonds is 5. The van der Waals surface area contributed by atoms with E-state index < -0.39 is 11.7 Å². The second-order valence-corrected chi connectivity index (χ2v) is 8.93. The van der Waals surface area contributed by atoms with E-state index in [1.807, 2.05) is 0 Å². The van der Waals surface area contributed by atoms with Crippen LogP contribution in [0, 0.1) is 19.7 Å². The number of benzene rings is 2. The molecule has 2 aromatic carbocycles. The lowest BCUT2D eigenvalue weighted by Crippen LogP contribution is -2.12. The Morgan fingerprint density at radius 1 is 1.03 bits per heavy atom. The van der Waals surface area contributed by atoms with Gasteiger partial charge in [-0.05, 0) is 55.8 Å². The van der Waals surface area contributed by atoms with E-state index in [4.69, 9.17) is 11.6 Å². The van der Waals surface area contributed by atoms with Crippen molar-refractivity contribution in [3.05, 3.63) is 97.5 Å². The Bertz CT molecular complexity index is 1480. The molecule has 0 atom stereocenters. The van der Waals surface area contributed by atoms with E-state index in [9.17, 15) is 18.8 Å². The van der Waals surface area contributed by atoms with Gasteiger partial charge in [-0.2, -0.15) is 0 Å². The number of carbonyl (C=O) groups excluding carboxylic acids is 2. The monoisotopic (exact) mass is 496 g/mol. The largest absolute Gasteiger partial charge is 0.321 e. The number of halogens is 2. The van der Waals surface area contributed by atoms with E-state index >= 15 is 0 Å². The SMILES string of the molecule is Cc1cc(=O)[nH]c(-c2cccc(NC(=O)c3sc(NC(=O)c4ccc(F)cc4Cl)cc3C)c2)n1. The molecule has 10 heteroatoms. The topological polar surface area (TPSA) is 104 Å². The summed E-state index contributed by atoms with van der Waals surface area (Å²) in [6.45, 7) is 3.48. The second kappa shape index (κ2) is 9.58. The summed E-state index contributed by atoms with van der Waals surface area (Å²) in [5, 5.41) is 5.96. The van der Waals surface area contributed by atoms with Crippen molar-refractivity contribution in [2.45, 2.75) is 13.8 Å². The normalized spacial score (nSPS) is 10.7. The zero-order valence-electron chi connectivity index (χ0n) is 18.0. The molecule has 3 N–H and O–H groups in total. The first kappa shape index (κ1) is 23.3. The standard InChI is InChI=1S/C24H18ClFN4O3S/c1-12-8-20(30-23(32)17-7-6-15(26)11-18(17)25)34-21(12)24(33)28-16-5-3-4-14(10-16)22-27-13(2)9-19(31)29-22/h3-11H,1-2H3,(H,28,33)(H,30,32)(H,27,29,31). The number of nitrogens with zero attached hydrogens (tertiary/aromatic N) is 1. The number of H-pyrrole nitrogens is 1. The third-order valence-electron chi connectivity index (χ3n) is 4.80. The molecule has 0 saturated carbocycles. The molecule has 0 unspecified atom stereocenters. The predicted molar refractivity (Wildman–Crippen MR) is 131 cm³/mol. The fraction of sp³-hybridized carbons (Fsp3) is 0.0833. The summed E-state index contributed by atoms with van der Waals surface area (Å²) in [6, 6.07) is 13.5. The highest BCUT2D eigenvalue weighted by atomic mass is 35.5. The number of thiophene rings is 1. The van der Waals surface area contributed by atoms with Crippen LogP contribution in [0.5, 0.6) is 0 Å². The lowest BCUT2D eigenvalue weighted by atomic mass is 10.1. The summed E-state index contributed by atoms with van der Waals surface area (Å²) in [4.78, 5) is 44.6. The maximum Gasteiger partial charge on any atom is 0.266 e. The molecular weight excluding hydrogens is 479 g/mol. The van der Waals surface area contributed by atoms with E-state index in [1.54, 1.807) is 44.2 Å². The van der Waals surface area contributed by atoms with Crippen LogP contribution in [0.25, 0.3) is 11.4 Å². The van der Waals surface area contributed by atoms with Gasteiger partial charge < -0.3 is 15.6 Å². The van der Waals surface area contributed by atoms with Crippen LogP contribution in [0.4, 0.5) is 15.1 Å². The Morgan fingerprint density at radius 3 is 2.56 bits per heavy atom. The summed E-state index contributed by atoms with van der Waals surface area (Å²) >= 11 is 7.06. The van der Waals surface area contributed by atoms with Crippen LogP contribution < -0.4 is 16.2 Å². The molecule has 0 aliphatic carbocycles. The quantitative estimate of drug-likeness (QED) is 0.343. The van der Waals surface area contributed by atoms with Gasteiger partial charge >= 0.3 is 0 Å². The number of hydrogen-bond donors (Lipinski definition) is 3. The summed E-state index contributed by atoms with van der Waals surface area (Å²) in [7, 11) is 0. The molecule has 34 heavy (non-hydrogen) atoms. The summed E-state index contributed by atoms with van der Waals surface area (Å²) < 4.78 is 13.2. The Kier molecular flexibility index (Phi) is 6.58. The molecule has 4 aromatic rings. The van der Waals surface area contributed by atoms with Crippen LogP contribution in [0.1, 0.15) is 31.3 Å². The molecule has 4 rings (SSSR count). The van der Waals surface area contributed by atoms with Gasteiger partial charge in [0.1, 0.15) is 11.6 Å². The first-order valence-corrected chi connectivity index (χ1v) is 11.3. The van der Waals surface area contributed by atoms with Crippen LogP contribution in [0.15, 0.2) is 59.4 Å². The maximum absolute atomic E-state index is 13.2. The minimum atomic E-state index is -0.541. The molecule has 0 aliphatic rings. The Labute approximate surface area is 202 Å². The van der Waals surface area contributed by atoms with Crippen molar-refractivity contribution in [3.63, 3.8) is 0 Å². The van der Waals surface area contributed by atoms with Gasteiger partial charge in [0, 0.05) is 23.0 Å². The number of anilines is 2. The van der Waals surface area contributed by atoms with Crippen molar-refractivity contribution >= 4 is 45.4 Å².